The highest BCUT2D eigenvalue weighted by atomic mass is 16.5. The van der Waals surface area contributed by atoms with Crippen molar-refractivity contribution in [1.82, 2.24) is 9.97 Å². The van der Waals surface area contributed by atoms with Crippen molar-refractivity contribution in [3.05, 3.63) is 53.5 Å². The normalized spacial score (nSPS) is 9.63. The predicted molar refractivity (Wildman–Crippen MR) is 66.7 cm³/mol. The summed E-state index contributed by atoms with van der Waals surface area (Å²) >= 11 is 0. The first-order chi connectivity index (χ1) is 9.20. The van der Waals surface area contributed by atoms with Gasteiger partial charge in [0.05, 0.1) is 11.6 Å². The minimum Gasteiger partial charge on any atom is -0.456 e. The molecule has 1 aromatic carbocycles. The van der Waals surface area contributed by atoms with E-state index >= 15 is 0 Å². The number of nitriles is 1. The van der Waals surface area contributed by atoms with E-state index in [0.29, 0.717) is 5.56 Å². The van der Waals surface area contributed by atoms with E-state index in [9.17, 15) is 4.79 Å². The van der Waals surface area contributed by atoms with E-state index in [-0.39, 0.29) is 18.1 Å². The molecule has 19 heavy (non-hydrogen) atoms. The first-order valence-electron chi connectivity index (χ1n) is 5.43. The van der Waals surface area contributed by atoms with Crippen LogP contribution >= 0.6 is 0 Å². The third-order valence-electron chi connectivity index (χ3n) is 2.37. The number of anilines is 1. The summed E-state index contributed by atoms with van der Waals surface area (Å²) in [7, 11) is 0. The van der Waals surface area contributed by atoms with Gasteiger partial charge in [0.15, 0.2) is 11.5 Å². The van der Waals surface area contributed by atoms with Gasteiger partial charge in [-0.3, -0.25) is 0 Å². The average Bonchev–Trinajstić information content (AvgIpc) is 2.46. The lowest BCUT2D eigenvalue weighted by Gasteiger charge is -2.05. The van der Waals surface area contributed by atoms with Crippen LogP contribution in [0.25, 0.3) is 0 Å². The zero-order chi connectivity index (χ0) is 13.7. The van der Waals surface area contributed by atoms with Crippen molar-refractivity contribution in [3.63, 3.8) is 0 Å². The van der Waals surface area contributed by atoms with Crippen molar-refractivity contribution in [1.29, 1.82) is 5.26 Å². The fraction of sp³-hybridized carbons (Fsp3) is 0.0769. The van der Waals surface area contributed by atoms with Crippen molar-refractivity contribution in [2.24, 2.45) is 0 Å². The number of ether oxygens (including phenoxy) is 1. The molecule has 0 bridgehead atoms. The van der Waals surface area contributed by atoms with Crippen LogP contribution in [-0.4, -0.2) is 15.9 Å². The Balaban J connectivity index is 2.01. The molecule has 0 amide bonds. The summed E-state index contributed by atoms with van der Waals surface area (Å²) in [5.74, 6) is -0.595. The van der Waals surface area contributed by atoms with E-state index in [1.165, 1.54) is 12.4 Å². The van der Waals surface area contributed by atoms with Crippen LogP contribution < -0.4 is 5.73 Å². The molecule has 1 aromatic heterocycles. The molecule has 2 N–H and O–H groups in total. The van der Waals surface area contributed by atoms with Gasteiger partial charge >= 0.3 is 5.97 Å². The molecule has 0 fully saturated rings. The van der Waals surface area contributed by atoms with E-state index in [1.54, 1.807) is 24.3 Å². The van der Waals surface area contributed by atoms with Gasteiger partial charge in [-0.15, -0.1) is 0 Å². The Morgan fingerprint density at radius 1 is 1.26 bits per heavy atom. The number of benzene rings is 1. The molecule has 1 heterocycles. The summed E-state index contributed by atoms with van der Waals surface area (Å²) in [5.41, 5.74) is 6.84. The molecule has 0 aliphatic rings. The molecule has 0 aliphatic heterocycles. The third kappa shape index (κ3) is 3.04. The van der Waals surface area contributed by atoms with Gasteiger partial charge in [0.1, 0.15) is 6.61 Å². The minimum absolute atomic E-state index is 0.00357. The van der Waals surface area contributed by atoms with Crippen LogP contribution in [0.5, 0.6) is 0 Å². The monoisotopic (exact) mass is 254 g/mol. The number of carbonyl (C=O) groups excluding carboxylic acids is 1. The maximum atomic E-state index is 11.7. The summed E-state index contributed by atoms with van der Waals surface area (Å²) in [4.78, 5) is 19.3. The number of nitrogens with zero attached hydrogens (tertiary/aromatic N) is 3. The number of hydrogen-bond acceptors (Lipinski definition) is 6. The van der Waals surface area contributed by atoms with Crippen LogP contribution in [0.2, 0.25) is 0 Å². The van der Waals surface area contributed by atoms with E-state index in [2.05, 4.69) is 9.97 Å². The Bertz CT molecular complexity index is 632. The number of nitrogens with two attached hydrogens (primary N) is 1. The molecule has 0 unspecified atom stereocenters. The Morgan fingerprint density at radius 2 is 1.95 bits per heavy atom. The molecule has 2 aromatic rings. The van der Waals surface area contributed by atoms with Crippen LogP contribution in [0.15, 0.2) is 36.7 Å². The minimum atomic E-state index is -0.630. The van der Waals surface area contributed by atoms with Crippen LogP contribution in [-0.2, 0) is 11.3 Å². The first-order valence-corrected chi connectivity index (χ1v) is 5.43. The van der Waals surface area contributed by atoms with Gasteiger partial charge in [-0.1, -0.05) is 12.1 Å². The summed E-state index contributed by atoms with van der Waals surface area (Å²) in [6.45, 7) is 0.0839. The quantitative estimate of drug-likeness (QED) is 0.828. The maximum absolute atomic E-state index is 11.7. The molecule has 6 nitrogen and oxygen atoms in total. The predicted octanol–water partition coefficient (Wildman–Crippen LogP) is 1.29. The second-order valence-electron chi connectivity index (χ2n) is 3.68. The third-order valence-corrected chi connectivity index (χ3v) is 2.37. The van der Waals surface area contributed by atoms with Crippen molar-refractivity contribution in [3.8, 4) is 6.07 Å². The Hall–Kier alpha value is -2.94. The summed E-state index contributed by atoms with van der Waals surface area (Å²) in [5, 5.41) is 8.66. The fourth-order valence-electron chi connectivity index (χ4n) is 1.40. The van der Waals surface area contributed by atoms with Gasteiger partial charge in [0, 0.05) is 12.4 Å². The lowest BCUT2D eigenvalue weighted by atomic mass is 10.2. The van der Waals surface area contributed by atoms with Crippen molar-refractivity contribution >= 4 is 11.8 Å². The topological polar surface area (TPSA) is 102 Å². The first kappa shape index (κ1) is 12.5. The van der Waals surface area contributed by atoms with Crippen LogP contribution in [0.4, 0.5) is 5.82 Å². The lowest BCUT2D eigenvalue weighted by molar-refractivity contribution is 0.0466. The Kier molecular flexibility index (Phi) is 3.69. The number of esters is 1. The summed E-state index contributed by atoms with van der Waals surface area (Å²) < 4.78 is 5.06. The standard InChI is InChI=1S/C13H10N4O2/c14-7-9-1-3-10(4-2-9)8-19-13(18)11-12(15)17-6-5-16-11/h1-6H,8H2,(H2,15,17). The van der Waals surface area contributed by atoms with Crippen LogP contribution in [0.3, 0.4) is 0 Å². The molecule has 94 valence electrons. The number of carbonyl (C=O) groups is 1. The van der Waals surface area contributed by atoms with Gasteiger partial charge in [-0.05, 0) is 17.7 Å². The molecular weight excluding hydrogens is 244 g/mol. The van der Waals surface area contributed by atoms with Gasteiger partial charge in [-0.2, -0.15) is 5.26 Å². The molecule has 0 aliphatic carbocycles. The number of nitrogen functional groups attached to an aromatic ring is 1. The highest BCUT2D eigenvalue weighted by Crippen LogP contribution is 2.09. The van der Waals surface area contributed by atoms with Crippen LogP contribution in [0.1, 0.15) is 21.6 Å². The van der Waals surface area contributed by atoms with Gasteiger partial charge in [0.25, 0.3) is 0 Å². The smallest absolute Gasteiger partial charge is 0.361 e. The highest BCUT2D eigenvalue weighted by molar-refractivity contribution is 5.91. The van der Waals surface area contributed by atoms with E-state index < -0.39 is 5.97 Å². The van der Waals surface area contributed by atoms with Crippen LogP contribution in [0, 0.1) is 11.3 Å². The lowest BCUT2D eigenvalue weighted by Crippen LogP contribution is -2.11. The summed E-state index contributed by atoms with van der Waals surface area (Å²) in [6.07, 6.45) is 2.77. The van der Waals surface area contributed by atoms with Gasteiger partial charge in [-0.25, -0.2) is 14.8 Å². The zero-order valence-corrected chi connectivity index (χ0v) is 9.91. The molecule has 0 saturated heterocycles. The van der Waals surface area contributed by atoms with Gasteiger partial charge in [0.2, 0.25) is 0 Å². The fourth-order valence-corrected chi connectivity index (χ4v) is 1.40. The molecule has 2 rings (SSSR count). The second-order valence-corrected chi connectivity index (χ2v) is 3.68. The molecule has 0 radical (unpaired) electrons. The largest absolute Gasteiger partial charge is 0.456 e. The van der Waals surface area contributed by atoms with E-state index in [0.717, 1.165) is 5.56 Å². The van der Waals surface area contributed by atoms with Crippen molar-refractivity contribution in [2.45, 2.75) is 6.61 Å². The summed E-state index contributed by atoms with van der Waals surface area (Å²) in [6, 6.07) is 8.74. The SMILES string of the molecule is N#Cc1ccc(COC(=O)c2nccnc2N)cc1. The average molecular weight is 254 g/mol. The highest BCUT2D eigenvalue weighted by Gasteiger charge is 2.13. The van der Waals surface area contributed by atoms with Crippen molar-refractivity contribution < 1.29 is 9.53 Å². The van der Waals surface area contributed by atoms with Gasteiger partial charge < -0.3 is 10.5 Å². The van der Waals surface area contributed by atoms with E-state index in [4.69, 9.17) is 15.7 Å². The molecule has 0 atom stereocenters. The zero-order valence-electron chi connectivity index (χ0n) is 9.91. The van der Waals surface area contributed by atoms with Crippen molar-refractivity contribution in [2.75, 3.05) is 5.73 Å². The van der Waals surface area contributed by atoms with E-state index in [1.807, 2.05) is 6.07 Å². The number of aromatic nitrogens is 2. The molecule has 0 spiro atoms. The molecule has 6 heteroatoms. The maximum Gasteiger partial charge on any atom is 0.361 e. The Morgan fingerprint density at radius 3 is 2.58 bits per heavy atom. The molecule has 0 saturated carbocycles. The second kappa shape index (κ2) is 5.60. The number of rotatable bonds is 3. The Labute approximate surface area is 109 Å². The molecular formula is C13H10N4O2. The number of hydrogen-bond donors (Lipinski definition) is 1.